The topological polar surface area (TPSA) is 74.7 Å². The molecule has 7 nitrogen and oxygen atoms in total. The molecule has 32 heavy (non-hydrogen) atoms. The normalized spacial score (nSPS) is 24.8. The van der Waals surface area contributed by atoms with Gasteiger partial charge in [-0.1, -0.05) is 30.3 Å². The lowest BCUT2D eigenvalue weighted by Crippen LogP contribution is -2.53. The van der Waals surface area contributed by atoms with Gasteiger partial charge in [0.15, 0.2) is 0 Å². The van der Waals surface area contributed by atoms with Crippen molar-refractivity contribution < 1.29 is 8.42 Å². The molecule has 3 aliphatic rings. The Balaban J connectivity index is 1.33. The zero-order valence-corrected chi connectivity index (χ0v) is 19.4. The van der Waals surface area contributed by atoms with E-state index in [1.54, 1.807) is 18.2 Å². The molecule has 2 atom stereocenters. The van der Waals surface area contributed by atoms with E-state index in [0.717, 1.165) is 38.3 Å². The van der Waals surface area contributed by atoms with Crippen LogP contribution >= 0.6 is 0 Å². The third-order valence-electron chi connectivity index (χ3n) is 7.30. The van der Waals surface area contributed by atoms with Crippen molar-refractivity contribution >= 4 is 15.7 Å². The molecule has 2 bridgehead atoms. The second-order valence-corrected chi connectivity index (χ2v) is 11.4. The summed E-state index contributed by atoms with van der Waals surface area (Å²) in [7, 11) is -1.47. The number of nitrogens with one attached hydrogen (secondary N) is 1. The molecular formula is C24H32N4O3S. The molecule has 0 spiro atoms. The van der Waals surface area contributed by atoms with E-state index in [1.165, 1.54) is 12.8 Å². The van der Waals surface area contributed by atoms with Gasteiger partial charge < -0.3 is 9.47 Å². The number of sulfonamides is 1. The van der Waals surface area contributed by atoms with Crippen LogP contribution < -0.4 is 10.3 Å². The third-order valence-corrected chi connectivity index (χ3v) is 8.55. The van der Waals surface area contributed by atoms with Crippen molar-refractivity contribution in [2.75, 3.05) is 37.9 Å². The molecule has 0 aliphatic carbocycles. The van der Waals surface area contributed by atoms with E-state index < -0.39 is 10.0 Å². The molecule has 0 radical (unpaired) electrons. The zero-order chi connectivity index (χ0) is 22.3. The molecule has 2 aromatic rings. The Morgan fingerprint density at radius 1 is 1.00 bits per heavy atom. The molecule has 1 aromatic carbocycles. The summed E-state index contributed by atoms with van der Waals surface area (Å²) in [6.07, 6.45) is 3.54. The van der Waals surface area contributed by atoms with Gasteiger partial charge in [0.2, 0.25) is 10.0 Å². The van der Waals surface area contributed by atoms with Gasteiger partial charge >= 0.3 is 0 Å². The number of nitrogens with zero attached hydrogens (tertiary/aromatic N) is 3. The Labute approximate surface area is 190 Å². The molecule has 2 saturated heterocycles. The molecule has 4 heterocycles. The minimum absolute atomic E-state index is 0.147. The van der Waals surface area contributed by atoms with Gasteiger partial charge in [-0.2, -0.15) is 0 Å². The molecule has 172 valence electrons. The molecule has 1 aromatic heterocycles. The third kappa shape index (κ3) is 4.49. The van der Waals surface area contributed by atoms with E-state index in [1.807, 2.05) is 28.8 Å². The van der Waals surface area contributed by atoms with Crippen LogP contribution in [0.25, 0.3) is 0 Å². The first-order valence-electron chi connectivity index (χ1n) is 11.6. The number of hydrogen-bond acceptors (Lipinski definition) is 5. The van der Waals surface area contributed by atoms with Gasteiger partial charge in [-0.05, 0) is 63.0 Å². The molecule has 2 fully saturated rings. The summed E-state index contributed by atoms with van der Waals surface area (Å²) >= 11 is 0. The molecule has 0 amide bonds. The maximum atomic E-state index is 13.2. The van der Waals surface area contributed by atoms with Gasteiger partial charge in [0.1, 0.15) is 5.69 Å². The average Bonchev–Trinajstić information content (AvgIpc) is 2.77. The van der Waals surface area contributed by atoms with Gasteiger partial charge in [-0.3, -0.25) is 14.4 Å². The predicted octanol–water partition coefficient (Wildman–Crippen LogP) is 2.30. The highest BCUT2D eigenvalue weighted by Crippen LogP contribution is 2.37. The summed E-state index contributed by atoms with van der Waals surface area (Å²) in [4.78, 5) is 18.3. The van der Waals surface area contributed by atoms with E-state index in [2.05, 4.69) is 21.6 Å². The van der Waals surface area contributed by atoms with Crippen LogP contribution in [0.2, 0.25) is 0 Å². The highest BCUT2D eigenvalue weighted by Gasteiger charge is 2.38. The van der Waals surface area contributed by atoms with Gasteiger partial charge in [0, 0.05) is 37.3 Å². The van der Waals surface area contributed by atoms with Crippen molar-refractivity contribution in [3.8, 4) is 0 Å². The lowest BCUT2D eigenvalue weighted by atomic mass is 9.82. The van der Waals surface area contributed by atoms with Crippen LogP contribution in [0.5, 0.6) is 0 Å². The van der Waals surface area contributed by atoms with Crippen molar-refractivity contribution in [2.24, 2.45) is 5.92 Å². The van der Waals surface area contributed by atoms with Crippen LogP contribution in [0.3, 0.4) is 0 Å². The summed E-state index contributed by atoms with van der Waals surface area (Å²) in [6.45, 7) is 4.99. The molecular weight excluding hydrogens is 424 g/mol. The van der Waals surface area contributed by atoms with E-state index in [9.17, 15) is 13.2 Å². The van der Waals surface area contributed by atoms with E-state index in [0.29, 0.717) is 30.0 Å². The predicted molar refractivity (Wildman–Crippen MR) is 126 cm³/mol. The van der Waals surface area contributed by atoms with Crippen molar-refractivity contribution in [3.63, 3.8) is 0 Å². The van der Waals surface area contributed by atoms with Crippen molar-refractivity contribution in [3.05, 3.63) is 64.1 Å². The first-order chi connectivity index (χ1) is 15.4. The van der Waals surface area contributed by atoms with Crippen LogP contribution in [0.4, 0.5) is 5.69 Å². The zero-order valence-electron chi connectivity index (χ0n) is 18.6. The van der Waals surface area contributed by atoms with Gasteiger partial charge in [0.25, 0.3) is 5.56 Å². The summed E-state index contributed by atoms with van der Waals surface area (Å²) < 4.78 is 29.7. The monoisotopic (exact) mass is 456 g/mol. The number of hydrogen-bond donors (Lipinski definition) is 1. The quantitative estimate of drug-likeness (QED) is 0.747. The SMILES string of the molecule is CN1CCC(N2CC3CC(C2)c2ccc(NS(=O)(=O)Cc4ccccc4)c(=O)n2C3)CC1. The molecule has 5 rings (SSSR count). The van der Waals surface area contributed by atoms with E-state index in [-0.39, 0.29) is 17.0 Å². The van der Waals surface area contributed by atoms with Gasteiger partial charge in [-0.15, -0.1) is 0 Å². The lowest BCUT2D eigenvalue weighted by Gasteiger charge is -2.47. The van der Waals surface area contributed by atoms with Gasteiger partial charge in [0.05, 0.1) is 5.75 Å². The molecule has 1 N–H and O–H groups in total. The number of rotatable bonds is 5. The van der Waals surface area contributed by atoms with E-state index in [4.69, 9.17) is 0 Å². The molecule has 2 unspecified atom stereocenters. The Morgan fingerprint density at radius 2 is 1.75 bits per heavy atom. The lowest BCUT2D eigenvalue weighted by molar-refractivity contribution is 0.0517. The number of anilines is 1. The molecule has 8 heteroatoms. The minimum atomic E-state index is -3.66. The van der Waals surface area contributed by atoms with Crippen LogP contribution in [-0.2, 0) is 22.3 Å². The summed E-state index contributed by atoms with van der Waals surface area (Å²) in [5, 5.41) is 0. The van der Waals surface area contributed by atoms with Crippen molar-refractivity contribution in [1.29, 1.82) is 0 Å². The Kier molecular flexibility index (Phi) is 5.86. The summed E-state index contributed by atoms with van der Waals surface area (Å²) in [5.74, 6) is 0.630. The second kappa shape index (κ2) is 8.65. The van der Waals surface area contributed by atoms with Crippen molar-refractivity contribution in [1.82, 2.24) is 14.4 Å². The summed E-state index contributed by atoms with van der Waals surface area (Å²) in [5.41, 5.74) is 1.68. The number of aromatic nitrogens is 1. The summed E-state index contributed by atoms with van der Waals surface area (Å²) in [6, 6.07) is 13.3. The maximum absolute atomic E-state index is 13.2. The first-order valence-corrected chi connectivity index (χ1v) is 13.2. The van der Waals surface area contributed by atoms with Crippen molar-refractivity contribution in [2.45, 2.75) is 43.5 Å². The fraction of sp³-hybridized carbons (Fsp3) is 0.542. The van der Waals surface area contributed by atoms with Gasteiger partial charge in [-0.25, -0.2) is 8.42 Å². The number of fused-ring (bicyclic) bond motifs is 4. The van der Waals surface area contributed by atoms with Crippen LogP contribution in [0, 0.1) is 5.92 Å². The Hall–Kier alpha value is -2.16. The Morgan fingerprint density at radius 3 is 2.50 bits per heavy atom. The fourth-order valence-corrected chi connectivity index (χ4v) is 6.91. The standard InChI is InChI=1S/C24H32N4O3S/c1-26-11-9-21(10-12-26)27-14-19-13-20(16-27)23-8-7-22(24(29)28(23)15-19)25-32(30,31)17-18-5-3-2-4-6-18/h2-8,19-21,25H,9-17H2,1H3. The molecule has 3 aliphatic heterocycles. The average molecular weight is 457 g/mol. The van der Waals surface area contributed by atoms with E-state index >= 15 is 0 Å². The van der Waals surface area contributed by atoms with Crippen LogP contribution in [0.15, 0.2) is 47.3 Å². The van der Waals surface area contributed by atoms with Crippen LogP contribution in [-0.4, -0.2) is 62.1 Å². The largest absolute Gasteiger partial charge is 0.310 e. The first kappa shape index (κ1) is 21.7. The second-order valence-electron chi connectivity index (χ2n) is 9.72. The maximum Gasteiger partial charge on any atom is 0.275 e. The highest BCUT2D eigenvalue weighted by molar-refractivity contribution is 7.91. The number of piperidine rings is 2. The van der Waals surface area contributed by atoms with Crippen LogP contribution in [0.1, 0.15) is 36.4 Å². The number of likely N-dealkylation sites (tertiary alicyclic amines) is 2. The smallest absolute Gasteiger partial charge is 0.275 e. The highest BCUT2D eigenvalue weighted by atomic mass is 32.2. The number of benzene rings is 1. The molecule has 0 saturated carbocycles. The fourth-order valence-electron chi connectivity index (χ4n) is 5.72. The number of pyridine rings is 1. The minimum Gasteiger partial charge on any atom is -0.310 e. The Bertz CT molecular complexity index is 1120.